The summed E-state index contributed by atoms with van der Waals surface area (Å²) < 4.78 is 1.94. The molecule has 3 rings (SSSR count). The van der Waals surface area contributed by atoms with Crippen LogP contribution >= 0.6 is 0 Å². The number of carbonyl (C=O) groups is 1. The largest absolute Gasteiger partial charge is 0.298 e. The average molecular weight is 236 g/mol. The molecule has 0 saturated carbocycles. The van der Waals surface area contributed by atoms with Crippen LogP contribution in [0, 0.1) is 6.92 Å². The van der Waals surface area contributed by atoms with Gasteiger partial charge in [0.15, 0.2) is 6.29 Å². The van der Waals surface area contributed by atoms with Gasteiger partial charge in [-0.1, -0.05) is 23.8 Å². The van der Waals surface area contributed by atoms with Gasteiger partial charge in [-0.15, -0.1) is 0 Å². The third kappa shape index (κ3) is 1.61. The number of para-hydroxylation sites is 2. The van der Waals surface area contributed by atoms with Gasteiger partial charge in [-0.3, -0.25) is 9.36 Å². The number of aryl methyl sites for hydroxylation is 1. The lowest BCUT2D eigenvalue weighted by Gasteiger charge is -2.08. The summed E-state index contributed by atoms with van der Waals surface area (Å²) in [6.45, 7) is 1.97. The van der Waals surface area contributed by atoms with E-state index in [2.05, 4.69) is 4.98 Å². The molecule has 0 fully saturated rings. The van der Waals surface area contributed by atoms with Gasteiger partial charge in [-0.2, -0.15) is 0 Å². The molecule has 3 heteroatoms. The van der Waals surface area contributed by atoms with Crippen molar-refractivity contribution in [3.8, 4) is 5.69 Å². The Hall–Kier alpha value is -2.42. The number of aldehydes is 1. The molecule has 0 amide bonds. The van der Waals surface area contributed by atoms with E-state index in [1.54, 1.807) is 6.33 Å². The molecule has 0 aliphatic rings. The van der Waals surface area contributed by atoms with Gasteiger partial charge in [0.25, 0.3) is 0 Å². The zero-order chi connectivity index (χ0) is 12.5. The predicted octanol–water partition coefficient (Wildman–Crippen LogP) is 3.15. The van der Waals surface area contributed by atoms with E-state index in [4.69, 9.17) is 0 Å². The van der Waals surface area contributed by atoms with E-state index in [1.807, 2.05) is 54.0 Å². The molecule has 3 aromatic rings. The predicted molar refractivity (Wildman–Crippen MR) is 71.2 cm³/mol. The van der Waals surface area contributed by atoms with E-state index in [0.29, 0.717) is 5.56 Å². The standard InChI is InChI=1S/C15H12N2O/c1-11-6-7-14(12(8-11)9-18)17-10-16-13-4-2-3-5-15(13)17/h2-10H,1H3. The molecule has 0 radical (unpaired) electrons. The molecule has 0 unspecified atom stereocenters. The van der Waals surface area contributed by atoms with Crippen LogP contribution < -0.4 is 0 Å². The molecule has 3 nitrogen and oxygen atoms in total. The minimum absolute atomic E-state index is 0.679. The summed E-state index contributed by atoms with van der Waals surface area (Å²) in [5.74, 6) is 0. The van der Waals surface area contributed by atoms with Gasteiger partial charge in [0.2, 0.25) is 0 Å². The van der Waals surface area contributed by atoms with E-state index in [1.165, 1.54) is 0 Å². The van der Waals surface area contributed by atoms with Gasteiger partial charge < -0.3 is 0 Å². The number of carbonyl (C=O) groups excluding carboxylic acids is 1. The molecule has 0 saturated heterocycles. The van der Waals surface area contributed by atoms with Crippen LogP contribution in [-0.4, -0.2) is 15.8 Å². The van der Waals surface area contributed by atoms with Gasteiger partial charge >= 0.3 is 0 Å². The normalized spacial score (nSPS) is 10.7. The minimum atomic E-state index is 0.679. The summed E-state index contributed by atoms with van der Waals surface area (Å²) >= 11 is 0. The number of fused-ring (bicyclic) bond motifs is 1. The monoisotopic (exact) mass is 236 g/mol. The number of benzene rings is 2. The van der Waals surface area contributed by atoms with Gasteiger partial charge in [-0.05, 0) is 31.2 Å². The van der Waals surface area contributed by atoms with Crippen molar-refractivity contribution >= 4 is 17.3 Å². The first-order valence-corrected chi connectivity index (χ1v) is 5.78. The SMILES string of the molecule is Cc1ccc(-n2cnc3ccccc32)c(C=O)c1. The minimum Gasteiger partial charge on any atom is -0.298 e. The van der Waals surface area contributed by atoms with Crippen molar-refractivity contribution in [2.45, 2.75) is 6.92 Å². The maximum atomic E-state index is 11.2. The smallest absolute Gasteiger partial charge is 0.152 e. The quantitative estimate of drug-likeness (QED) is 0.641. The summed E-state index contributed by atoms with van der Waals surface area (Å²) in [4.78, 5) is 15.5. The molecule has 18 heavy (non-hydrogen) atoms. The number of imidazole rings is 1. The molecule has 88 valence electrons. The molecular weight excluding hydrogens is 224 g/mol. The fourth-order valence-electron chi connectivity index (χ4n) is 2.14. The van der Waals surface area contributed by atoms with E-state index >= 15 is 0 Å². The van der Waals surface area contributed by atoms with Crippen molar-refractivity contribution in [1.29, 1.82) is 0 Å². The fourth-order valence-corrected chi connectivity index (χ4v) is 2.14. The van der Waals surface area contributed by atoms with Gasteiger partial charge in [0.05, 0.1) is 16.7 Å². The van der Waals surface area contributed by atoms with Crippen LogP contribution in [0.1, 0.15) is 15.9 Å². The molecule has 0 atom stereocenters. The first-order chi connectivity index (χ1) is 8.79. The first-order valence-electron chi connectivity index (χ1n) is 5.78. The third-order valence-corrected chi connectivity index (χ3v) is 3.02. The van der Waals surface area contributed by atoms with E-state index in [9.17, 15) is 4.79 Å². The topological polar surface area (TPSA) is 34.9 Å². The molecule has 0 aliphatic carbocycles. The highest BCUT2D eigenvalue weighted by Gasteiger charge is 2.08. The van der Waals surface area contributed by atoms with Crippen molar-refractivity contribution < 1.29 is 4.79 Å². The lowest BCUT2D eigenvalue weighted by Crippen LogP contribution is -1.98. The summed E-state index contributed by atoms with van der Waals surface area (Å²) in [6.07, 6.45) is 2.64. The Balaban J connectivity index is 2.29. The van der Waals surface area contributed by atoms with Crippen molar-refractivity contribution in [2.75, 3.05) is 0 Å². The van der Waals surface area contributed by atoms with Crippen LogP contribution in [0.25, 0.3) is 16.7 Å². The number of rotatable bonds is 2. The lowest BCUT2D eigenvalue weighted by atomic mass is 10.1. The van der Waals surface area contributed by atoms with Crippen LogP contribution in [0.2, 0.25) is 0 Å². The summed E-state index contributed by atoms with van der Waals surface area (Å²) in [7, 11) is 0. The number of nitrogens with zero attached hydrogens (tertiary/aromatic N) is 2. The third-order valence-electron chi connectivity index (χ3n) is 3.02. The Kier molecular flexibility index (Phi) is 2.45. The Morgan fingerprint density at radius 2 is 2.00 bits per heavy atom. The zero-order valence-electron chi connectivity index (χ0n) is 10.00. The zero-order valence-corrected chi connectivity index (χ0v) is 10.00. The molecule has 2 aromatic carbocycles. The Bertz CT molecular complexity index is 728. The van der Waals surface area contributed by atoms with Gasteiger partial charge in [0, 0.05) is 5.56 Å². The molecule has 1 heterocycles. The second kappa shape index (κ2) is 4.11. The Morgan fingerprint density at radius 1 is 1.17 bits per heavy atom. The number of aromatic nitrogens is 2. The van der Waals surface area contributed by atoms with Crippen molar-refractivity contribution in [3.63, 3.8) is 0 Å². The molecule has 0 N–H and O–H groups in total. The van der Waals surface area contributed by atoms with Gasteiger partial charge in [0.1, 0.15) is 6.33 Å². The highest BCUT2D eigenvalue weighted by molar-refractivity contribution is 5.84. The van der Waals surface area contributed by atoms with E-state index in [0.717, 1.165) is 28.6 Å². The number of hydrogen-bond donors (Lipinski definition) is 0. The highest BCUT2D eigenvalue weighted by Crippen LogP contribution is 2.20. The van der Waals surface area contributed by atoms with Crippen molar-refractivity contribution in [3.05, 3.63) is 59.9 Å². The maximum absolute atomic E-state index is 11.2. The van der Waals surface area contributed by atoms with E-state index < -0.39 is 0 Å². The lowest BCUT2D eigenvalue weighted by molar-refractivity contribution is 0.112. The first kappa shape index (κ1) is 10.7. The molecule has 0 aliphatic heterocycles. The summed E-state index contributed by atoms with van der Waals surface area (Å²) in [5.41, 5.74) is 4.55. The molecular formula is C15H12N2O. The highest BCUT2D eigenvalue weighted by atomic mass is 16.1. The summed E-state index contributed by atoms with van der Waals surface area (Å²) in [6, 6.07) is 13.7. The van der Waals surface area contributed by atoms with Crippen molar-refractivity contribution in [2.24, 2.45) is 0 Å². The fraction of sp³-hybridized carbons (Fsp3) is 0.0667. The molecule has 1 aromatic heterocycles. The van der Waals surface area contributed by atoms with Crippen LogP contribution in [0.15, 0.2) is 48.8 Å². The average Bonchev–Trinajstić information content (AvgIpc) is 2.82. The maximum Gasteiger partial charge on any atom is 0.152 e. The van der Waals surface area contributed by atoms with Crippen LogP contribution in [-0.2, 0) is 0 Å². The molecule has 0 spiro atoms. The van der Waals surface area contributed by atoms with E-state index in [-0.39, 0.29) is 0 Å². The van der Waals surface area contributed by atoms with Crippen LogP contribution in [0.5, 0.6) is 0 Å². The Labute approximate surface area is 105 Å². The second-order valence-corrected chi connectivity index (χ2v) is 4.28. The van der Waals surface area contributed by atoms with Crippen LogP contribution in [0.3, 0.4) is 0 Å². The van der Waals surface area contributed by atoms with Crippen LogP contribution in [0.4, 0.5) is 0 Å². The molecule has 0 bridgehead atoms. The second-order valence-electron chi connectivity index (χ2n) is 4.28. The summed E-state index contributed by atoms with van der Waals surface area (Å²) in [5, 5.41) is 0. The van der Waals surface area contributed by atoms with Gasteiger partial charge in [-0.25, -0.2) is 4.98 Å². The number of hydrogen-bond acceptors (Lipinski definition) is 2. The van der Waals surface area contributed by atoms with Crippen molar-refractivity contribution in [1.82, 2.24) is 9.55 Å². The Morgan fingerprint density at radius 3 is 2.83 bits per heavy atom.